The molecular formula is C19H23FN2O2. The van der Waals surface area contributed by atoms with Crippen LogP contribution in [-0.4, -0.2) is 25.6 Å². The third-order valence-electron chi connectivity index (χ3n) is 3.81. The van der Waals surface area contributed by atoms with Gasteiger partial charge in [-0.2, -0.15) is 0 Å². The summed E-state index contributed by atoms with van der Waals surface area (Å²) in [4.78, 5) is 14.2. The number of aryl methyl sites for hydroxylation is 1. The van der Waals surface area contributed by atoms with Gasteiger partial charge in [0.05, 0.1) is 0 Å². The van der Waals surface area contributed by atoms with Crippen molar-refractivity contribution in [3.05, 3.63) is 53.8 Å². The summed E-state index contributed by atoms with van der Waals surface area (Å²) in [5.74, 6) is -0.733. The Kier molecular flexibility index (Phi) is 6.18. The first kappa shape index (κ1) is 17.8. The van der Waals surface area contributed by atoms with Crippen molar-refractivity contribution in [2.75, 3.05) is 29.9 Å². The van der Waals surface area contributed by atoms with Crippen molar-refractivity contribution >= 4 is 17.3 Å². The lowest BCUT2D eigenvalue weighted by molar-refractivity contribution is -0.118. The molecule has 0 saturated carbocycles. The van der Waals surface area contributed by atoms with E-state index in [-0.39, 0.29) is 18.3 Å². The van der Waals surface area contributed by atoms with E-state index >= 15 is 0 Å². The molecule has 0 fully saturated rings. The highest BCUT2D eigenvalue weighted by atomic mass is 19.1. The van der Waals surface area contributed by atoms with Crippen molar-refractivity contribution in [2.45, 2.75) is 20.8 Å². The van der Waals surface area contributed by atoms with Gasteiger partial charge in [0.2, 0.25) is 0 Å². The molecular weight excluding hydrogens is 307 g/mol. The Labute approximate surface area is 142 Å². The van der Waals surface area contributed by atoms with Gasteiger partial charge in [0.15, 0.2) is 18.2 Å². The molecule has 128 valence electrons. The molecule has 0 aliphatic rings. The second-order valence-electron chi connectivity index (χ2n) is 5.44. The maximum Gasteiger partial charge on any atom is 0.262 e. The largest absolute Gasteiger partial charge is 0.481 e. The van der Waals surface area contributed by atoms with E-state index in [2.05, 4.69) is 24.1 Å². The fraction of sp³-hybridized carbons (Fsp3) is 0.316. The molecule has 4 nitrogen and oxygen atoms in total. The Morgan fingerprint density at radius 2 is 1.88 bits per heavy atom. The molecule has 0 heterocycles. The third kappa shape index (κ3) is 4.47. The number of hydrogen-bond acceptors (Lipinski definition) is 3. The summed E-state index contributed by atoms with van der Waals surface area (Å²) < 4.78 is 18.7. The number of benzene rings is 2. The highest BCUT2D eigenvalue weighted by Crippen LogP contribution is 2.23. The third-order valence-corrected chi connectivity index (χ3v) is 3.81. The van der Waals surface area contributed by atoms with Crippen LogP contribution in [0, 0.1) is 12.7 Å². The van der Waals surface area contributed by atoms with Crippen molar-refractivity contribution in [1.82, 2.24) is 0 Å². The first-order valence-electron chi connectivity index (χ1n) is 8.08. The zero-order valence-electron chi connectivity index (χ0n) is 14.3. The summed E-state index contributed by atoms with van der Waals surface area (Å²) in [6, 6.07) is 11.9. The number of carbonyl (C=O) groups is 1. The molecule has 0 aliphatic heterocycles. The number of anilines is 2. The minimum Gasteiger partial charge on any atom is -0.481 e. The lowest BCUT2D eigenvalue weighted by Crippen LogP contribution is -2.23. The zero-order valence-corrected chi connectivity index (χ0v) is 14.3. The fourth-order valence-electron chi connectivity index (χ4n) is 2.46. The summed E-state index contributed by atoms with van der Waals surface area (Å²) in [6.07, 6.45) is 0. The van der Waals surface area contributed by atoms with E-state index in [1.54, 1.807) is 12.1 Å². The molecule has 24 heavy (non-hydrogen) atoms. The van der Waals surface area contributed by atoms with Gasteiger partial charge in [-0.3, -0.25) is 4.79 Å². The molecule has 0 aliphatic carbocycles. The smallest absolute Gasteiger partial charge is 0.262 e. The summed E-state index contributed by atoms with van der Waals surface area (Å²) in [6.45, 7) is 7.78. The van der Waals surface area contributed by atoms with E-state index in [1.165, 1.54) is 12.1 Å². The number of ether oxygens (including phenoxy) is 1. The standard InChI is InChI=1S/C19H23FN2O2/c1-4-22(5-2)15-10-11-17(14(3)12-15)21-19(23)13-24-18-9-7-6-8-16(18)20/h6-12H,4-5,13H2,1-3H3,(H,21,23). The van der Waals surface area contributed by atoms with E-state index in [0.29, 0.717) is 0 Å². The Balaban J connectivity index is 1.98. The van der Waals surface area contributed by atoms with E-state index in [4.69, 9.17) is 4.74 Å². The van der Waals surface area contributed by atoms with Gasteiger partial charge in [-0.1, -0.05) is 12.1 Å². The molecule has 5 heteroatoms. The van der Waals surface area contributed by atoms with Crippen LogP contribution in [0.25, 0.3) is 0 Å². The van der Waals surface area contributed by atoms with Crippen LogP contribution in [0.3, 0.4) is 0 Å². The molecule has 2 aromatic carbocycles. The number of rotatable bonds is 7. The van der Waals surface area contributed by atoms with Crippen LogP contribution in [0.15, 0.2) is 42.5 Å². The number of hydrogen-bond donors (Lipinski definition) is 1. The Bertz CT molecular complexity index is 700. The second-order valence-corrected chi connectivity index (χ2v) is 5.44. The topological polar surface area (TPSA) is 41.6 Å². The number of halogens is 1. The molecule has 1 amide bonds. The van der Waals surface area contributed by atoms with Gasteiger partial charge in [0, 0.05) is 24.5 Å². The maximum atomic E-state index is 13.5. The summed E-state index contributed by atoms with van der Waals surface area (Å²) >= 11 is 0. The quantitative estimate of drug-likeness (QED) is 0.834. The number of nitrogens with zero attached hydrogens (tertiary/aromatic N) is 1. The van der Waals surface area contributed by atoms with Crippen molar-refractivity contribution < 1.29 is 13.9 Å². The van der Waals surface area contributed by atoms with Gasteiger partial charge < -0.3 is 15.0 Å². The van der Waals surface area contributed by atoms with E-state index < -0.39 is 5.82 Å². The Morgan fingerprint density at radius 1 is 1.17 bits per heavy atom. The SMILES string of the molecule is CCN(CC)c1ccc(NC(=O)COc2ccccc2F)c(C)c1. The summed E-state index contributed by atoms with van der Waals surface area (Å²) in [7, 11) is 0. The van der Waals surface area contributed by atoms with Crippen LogP contribution in [-0.2, 0) is 4.79 Å². The van der Waals surface area contributed by atoms with Crippen molar-refractivity contribution in [3.8, 4) is 5.75 Å². The lowest BCUT2D eigenvalue weighted by Gasteiger charge is -2.22. The number of carbonyl (C=O) groups excluding carboxylic acids is 1. The van der Waals surface area contributed by atoms with E-state index in [0.717, 1.165) is 30.0 Å². The average molecular weight is 330 g/mol. The van der Waals surface area contributed by atoms with Crippen LogP contribution in [0.2, 0.25) is 0 Å². The second kappa shape index (κ2) is 8.34. The molecule has 2 rings (SSSR count). The van der Waals surface area contributed by atoms with Crippen LogP contribution in [0.4, 0.5) is 15.8 Å². The fourth-order valence-corrected chi connectivity index (χ4v) is 2.46. The van der Waals surface area contributed by atoms with Gasteiger partial charge in [-0.15, -0.1) is 0 Å². The molecule has 0 bridgehead atoms. The Morgan fingerprint density at radius 3 is 2.50 bits per heavy atom. The van der Waals surface area contributed by atoms with Crippen LogP contribution >= 0.6 is 0 Å². The molecule has 0 atom stereocenters. The summed E-state index contributed by atoms with van der Waals surface area (Å²) in [5.41, 5.74) is 2.82. The molecule has 0 unspecified atom stereocenters. The van der Waals surface area contributed by atoms with Gasteiger partial charge in [0.1, 0.15) is 0 Å². The average Bonchev–Trinajstić information content (AvgIpc) is 2.57. The first-order chi connectivity index (χ1) is 11.5. The maximum absolute atomic E-state index is 13.5. The van der Waals surface area contributed by atoms with Crippen LogP contribution in [0.1, 0.15) is 19.4 Å². The van der Waals surface area contributed by atoms with Crippen molar-refractivity contribution in [2.24, 2.45) is 0 Å². The molecule has 0 saturated heterocycles. The van der Waals surface area contributed by atoms with Crippen LogP contribution < -0.4 is 15.0 Å². The van der Waals surface area contributed by atoms with Gasteiger partial charge in [-0.05, 0) is 56.7 Å². The van der Waals surface area contributed by atoms with Gasteiger partial charge >= 0.3 is 0 Å². The van der Waals surface area contributed by atoms with Crippen LogP contribution in [0.5, 0.6) is 5.75 Å². The lowest BCUT2D eigenvalue weighted by atomic mass is 10.1. The molecule has 2 aromatic rings. The highest BCUT2D eigenvalue weighted by molar-refractivity contribution is 5.92. The van der Waals surface area contributed by atoms with Crippen molar-refractivity contribution in [1.29, 1.82) is 0 Å². The van der Waals surface area contributed by atoms with Gasteiger partial charge in [0.25, 0.3) is 5.91 Å². The zero-order chi connectivity index (χ0) is 17.5. The molecule has 0 radical (unpaired) electrons. The molecule has 0 aromatic heterocycles. The summed E-state index contributed by atoms with van der Waals surface area (Å²) in [5, 5.41) is 2.80. The van der Waals surface area contributed by atoms with Gasteiger partial charge in [-0.25, -0.2) is 4.39 Å². The monoisotopic (exact) mass is 330 g/mol. The number of nitrogens with one attached hydrogen (secondary N) is 1. The van der Waals surface area contributed by atoms with E-state index in [9.17, 15) is 9.18 Å². The predicted molar refractivity (Wildman–Crippen MR) is 95.3 cm³/mol. The highest BCUT2D eigenvalue weighted by Gasteiger charge is 2.09. The number of para-hydroxylation sites is 1. The number of amides is 1. The first-order valence-corrected chi connectivity index (χ1v) is 8.08. The molecule has 0 spiro atoms. The minimum absolute atomic E-state index is 0.0706. The molecule has 1 N–H and O–H groups in total. The normalized spacial score (nSPS) is 10.3. The van der Waals surface area contributed by atoms with E-state index in [1.807, 2.05) is 25.1 Å². The minimum atomic E-state index is -0.481. The Hall–Kier alpha value is -2.56. The van der Waals surface area contributed by atoms with Crippen molar-refractivity contribution in [3.63, 3.8) is 0 Å². The predicted octanol–water partition coefficient (Wildman–Crippen LogP) is 4.00.